The Balaban J connectivity index is 2.44. The fourth-order valence-corrected chi connectivity index (χ4v) is 4.34. The van der Waals surface area contributed by atoms with Crippen molar-refractivity contribution in [1.29, 1.82) is 0 Å². The van der Waals surface area contributed by atoms with Gasteiger partial charge >= 0.3 is 53.7 Å². The zero-order valence-corrected chi connectivity index (χ0v) is 31.1. The van der Waals surface area contributed by atoms with Crippen LogP contribution >= 0.6 is 0 Å². The molecule has 0 N–H and O–H groups in total. The molecule has 56 heavy (non-hydrogen) atoms. The highest BCUT2D eigenvalue weighted by Crippen LogP contribution is 2.55. The third-order valence-corrected chi connectivity index (χ3v) is 5.81. The minimum absolute atomic E-state index is 0.230. The molecule has 296 valence electrons. The normalized spacial score (nSPS) is 10.2. The number of hydrogen-bond acceptors (Lipinski definition) is 20. The molecule has 0 amide bonds. The van der Waals surface area contributed by atoms with E-state index in [0.29, 0.717) is 0 Å². The fourth-order valence-electron chi connectivity index (χ4n) is 4.34. The minimum atomic E-state index is -1.04. The predicted octanol–water partition coefficient (Wildman–Crippen LogP) is 4.60. The summed E-state index contributed by atoms with van der Waals surface area (Å²) in [5.41, 5.74) is 0. The van der Waals surface area contributed by atoms with E-state index in [1.54, 1.807) is 0 Å². The highest BCUT2D eigenvalue weighted by molar-refractivity contribution is 5.84. The number of carbonyl (C=O) groups is 9. The molecule has 0 radical (unpaired) electrons. The maximum Gasteiger partial charge on any atom is 0.308 e. The van der Waals surface area contributed by atoms with E-state index >= 15 is 0 Å². The molecule has 0 bridgehead atoms. The topological polar surface area (TPSA) is 255 Å². The molecule has 0 unspecified atom stereocenters. The molecular formula is C36H32O20. The highest BCUT2D eigenvalue weighted by atomic mass is 16.6. The van der Waals surface area contributed by atoms with Crippen LogP contribution in [0, 0.1) is 0 Å². The Hall–Kier alpha value is -7.51. The minimum Gasteiger partial charge on any atom is -0.449 e. The molecule has 0 aliphatic carbocycles. The van der Waals surface area contributed by atoms with Gasteiger partial charge in [0.15, 0.2) is 34.5 Å². The Morgan fingerprint density at radius 2 is 0.536 bits per heavy atom. The van der Waals surface area contributed by atoms with Gasteiger partial charge in [0.25, 0.3) is 0 Å². The summed E-state index contributed by atoms with van der Waals surface area (Å²) >= 11 is 0. The lowest BCUT2D eigenvalue weighted by Crippen LogP contribution is -2.14. The van der Waals surface area contributed by atoms with Gasteiger partial charge in [-0.05, 0) is 0 Å². The van der Waals surface area contributed by atoms with Gasteiger partial charge < -0.3 is 52.1 Å². The van der Waals surface area contributed by atoms with Crippen LogP contribution in [0.25, 0.3) is 0 Å². The molecule has 20 heteroatoms. The summed E-state index contributed by atoms with van der Waals surface area (Å²) in [5, 5.41) is 0. The molecule has 0 aliphatic rings. The summed E-state index contributed by atoms with van der Waals surface area (Å²) in [5.74, 6) is -15.8. The van der Waals surface area contributed by atoms with E-state index in [4.69, 9.17) is 52.1 Å². The van der Waals surface area contributed by atoms with Gasteiger partial charge in [-0.2, -0.15) is 0 Å². The molecule has 20 nitrogen and oxygen atoms in total. The maximum absolute atomic E-state index is 12.4. The highest BCUT2D eigenvalue weighted by Gasteiger charge is 2.32. The van der Waals surface area contributed by atoms with E-state index < -0.39 is 117 Å². The molecule has 0 heterocycles. The van der Waals surface area contributed by atoms with Crippen molar-refractivity contribution in [3.63, 3.8) is 0 Å². The predicted molar refractivity (Wildman–Crippen MR) is 181 cm³/mol. The van der Waals surface area contributed by atoms with E-state index in [1.165, 1.54) is 0 Å². The standard InChI is InChI=1S/C36H32O20/c1-15(37)46-24-10-26(47-16(2)38)32(27(11-24)48-17(3)39)55-25-12-28(49-18(4)40)33(29(13-25)50-19(5)41)56-31-14-30(51-20(6)42)34(52-21(7)43)36(54-23(9)45)35(31)53-22(8)44/h10-14H,1-9H3. The van der Waals surface area contributed by atoms with Gasteiger partial charge in [-0.25, -0.2) is 0 Å². The van der Waals surface area contributed by atoms with E-state index in [1.807, 2.05) is 0 Å². The quantitative estimate of drug-likeness (QED) is 0.169. The number of rotatable bonds is 13. The van der Waals surface area contributed by atoms with Crippen molar-refractivity contribution in [3.8, 4) is 74.7 Å². The molecule has 0 spiro atoms. The van der Waals surface area contributed by atoms with Gasteiger partial charge in [-0.3, -0.25) is 43.2 Å². The first-order chi connectivity index (χ1) is 26.1. The lowest BCUT2D eigenvalue weighted by atomic mass is 10.2. The van der Waals surface area contributed by atoms with Crippen molar-refractivity contribution in [2.75, 3.05) is 0 Å². The molecule has 0 saturated carbocycles. The van der Waals surface area contributed by atoms with Crippen LogP contribution in [0.3, 0.4) is 0 Å². The number of benzene rings is 3. The average molecular weight is 785 g/mol. The van der Waals surface area contributed by atoms with Crippen LogP contribution in [-0.2, 0) is 43.2 Å². The monoisotopic (exact) mass is 784 g/mol. The fraction of sp³-hybridized carbons (Fsp3) is 0.250. The van der Waals surface area contributed by atoms with Gasteiger partial charge in [-0.15, -0.1) is 0 Å². The molecule has 0 fully saturated rings. The van der Waals surface area contributed by atoms with Crippen LogP contribution in [0.5, 0.6) is 74.7 Å². The summed E-state index contributed by atoms with van der Waals surface area (Å²) in [4.78, 5) is 109. The van der Waals surface area contributed by atoms with E-state index in [0.717, 1.165) is 92.6 Å². The number of hydrogen-bond donors (Lipinski definition) is 0. The molecular weight excluding hydrogens is 752 g/mol. The van der Waals surface area contributed by atoms with Gasteiger partial charge in [0.2, 0.25) is 28.7 Å². The van der Waals surface area contributed by atoms with Crippen molar-refractivity contribution >= 4 is 53.7 Å². The first kappa shape index (κ1) is 42.9. The summed E-state index contributed by atoms with van der Waals surface area (Å²) in [6.45, 7) is 8.91. The van der Waals surface area contributed by atoms with Crippen molar-refractivity contribution in [3.05, 3.63) is 30.3 Å². The van der Waals surface area contributed by atoms with Gasteiger partial charge in [0.1, 0.15) is 11.5 Å². The van der Waals surface area contributed by atoms with Gasteiger partial charge in [-0.1, -0.05) is 0 Å². The number of ether oxygens (including phenoxy) is 11. The van der Waals surface area contributed by atoms with Gasteiger partial charge in [0.05, 0.1) is 0 Å². The first-order valence-corrected chi connectivity index (χ1v) is 15.7. The average Bonchev–Trinajstić information content (AvgIpc) is 3.01. The summed E-state index contributed by atoms with van der Waals surface area (Å²) in [7, 11) is 0. The van der Waals surface area contributed by atoms with Crippen molar-refractivity contribution in [1.82, 2.24) is 0 Å². The van der Waals surface area contributed by atoms with Crippen molar-refractivity contribution in [2.24, 2.45) is 0 Å². The lowest BCUT2D eigenvalue weighted by molar-refractivity contribution is -0.136. The van der Waals surface area contributed by atoms with Crippen LogP contribution in [0.1, 0.15) is 62.3 Å². The van der Waals surface area contributed by atoms with Gasteiger partial charge in [0, 0.05) is 92.6 Å². The number of carbonyl (C=O) groups excluding carboxylic acids is 9. The van der Waals surface area contributed by atoms with Crippen molar-refractivity contribution in [2.45, 2.75) is 62.3 Å². The Kier molecular flexibility index (Phi) is 14.2. The maximum atomic E-state index is 12.4. The second kappa shape index (κ2) is 18.5. The first-order valence-electron chi connectivity index (χ1n) is 15.7. The molecule has 3 aromatic rings. The van der Waals surface area contributed by atoms with E-state index in [-0.39, 0.29) is 11.5 Å². The van der Waals surface area contributed by atoms with E-state index in [2.05, 4.69) is 0 Å². The van der Waals surface area contributed by atoms with Crippen LogP contribution in [0.2, 0.25) is 0 Å². The van der Waals surface area contributed by atoms with E-state index in [9.17, 15) is 43.2 Å². The van der Waals surface area contributed by atoms with Crippen LogP contribution in [0.4, 0.5) is 0 Å². The lowest BCUT2D eigenvalue weighted by Gasteiger charge is -2.21. The SMILES string of the molecule is CC(=O)Oc1cc(OC(C)=O)c(Oc2cc(OC(C)=O)c(Oc3cc(OC(C)=O)c(OC(C)=O)c(OC(C)=O)c3OC(C)=O)c(OC(C)=O)c2)c(OC(C)=O)c1. The summed E-state index contributed by atoms with van der Waals surface area (Å²) in [6.07, 6.45) is 0. The Morgan fingerprint density at radius 1 is 0.268 bits per heavy atom. The third-order valence-electron chi connectivity index (χ3n) is 5.81. The van der Waals surface area contributed by atoms with Crippen LogP contribution in [0.15, 0.2) is 30.3 Å². The molecule has 0 saturated heterocycles. The Labute approximate surface area is 316 Å². The molecule has 3 rings (SSSR count). The Morgan fingerprint density at radius 3 is 0.875 bits per heavy atom. The molecule has 0 aromatic heterocycles. The number of esters is 9. The zero-order chi connectivity index (χ0) is 42.0. The van der Waals surface area contributed by atoms with Crippen LogP contribution < -0.4 is 52.1 Å². The molecule has 3 aromatic carbocycles. The van der Waals surface area contributed by atoms with Crippen LogP contribution in [-0.4, -0.2) is 53.7 Å². The third kappa shape index (κ3) is 12.3. The smallest absolute Gasteiger partial charge is 0.308 e. The van der Waals surface area contributed by atoms with Crippen molar-refractivity contribution < 1.29 is 95.3 Å². The molecule has 0 aliphatic heterocycles. The second-order valence-corrected chi connectivity index (χ2v) is 10.9. The Bertz CT molecular complexity index is 2070. The second-order valence-electron chi connectivity index (χ2n) is 10.9. The zero-order valence-electron chi connectivity index (χ0n) is 31.1. The summed E-state index contributed by atoms with van der Waals surface area (Å²) in [6, 6.07) is 4.95. The largest absolute Gasteiger partial charge is 0.449 e. The molecule has 0 atom stereocenters. The summed E-state index contributed by atoms with van der Waals surface area (Å²) < 4.78 is 58.9.